The predicted molar refractivity (Wildman–Crippen MR) is 78.4 cm³/mol. The first-order chi connectivity index (χ1) is 9.52. The zero-order valence-electron chi connectivity index (χ0n) is 12.1. The van der Waals surface area contributed by atoms with Gasteiger partial charge in [-0.2, -0.15) is 0 Å². The van der Waals surface area contributed by atoms with Crippen molar-refractivity contribution >= 4 is 5.84 Å². The van der Waals surface area contributed by atoms with Gasteiger partial charge in [0.2, 0.25) is 0 Å². The van der Waals surface area contributed by atoms with E-state index in [0.717, 1.165) is 31.5 Å². The lowest BCUT2D eigenvalue weighted by atomic mass is 10.1. The molecule has 0 unspecified atom stereocenters. The summed E-state index contributed by atoms with van der Waals surface area (Å²) in [5.41, 5.74) is 6.63. The van der Waals surface area contributed by atoms with E-state index in [1.54, 1.807) is 6.07 Å². The molecule has 0 heterocycles. The van der Waals surface area contributed by atoms with Gasteiger partial charge in [0, 0.05) is 12.1 Å². The summed E-state index contributed by atoms with van der Waals surface area (Å²) in [5, 5.41) is 14.7. The highest BCUT2D eigenvalue weighted by Crippen LogP contribution is 2.09. The number of halogens is 1. The normalized spacial score (nSPS) is 12.1. The fraction of sp³-hybridized carbons (Fsp3) is 0.500. The molecule has 0 saturated heterocycles. The molecule has 0 aromatic heterocycles. The van der Waals surface area contributed by atoms with Gasteiger partial charge in [0.15, 0.2) is 5.84 Å². The van der Waals surface area contributed by atoms with Gasteiger partial charge in [-0.05, 0) is 63.8 Å². The average molecular weight is 282 g/mol. The number of amidine groups is 1. The molecule has 0 saturated carbocycles. The molecule has 4 N–H and O–H groups in total. The molecule has 0 atom stereocenters. The maximum Gasteiger partial charge on any atom is 0.170 e. The molecule has 0 spiro atoms. The van der Waals surface area contributed by atoms with Gasteiger partial charge in [-0.25, -0.2) is 4.39 Å². The molecular weight excluding hydrogens is 259 g/mol. The molecule has 20 heavy (non-hydrogen) atoms. The van der Waals surface area contributed by atoms with E-state index in [1.807, 2.05) is 0 Å². The van der Waals surface area contributed by atoms with Crippen LogP contribution in [0.1, 0.15) is 24.0 Å². The molecule has 1 aromatic rings. The molecule has 5 nitrogen and oxygen atoms in total. The first-order valence-corrected chi connectivity index (χ1v) is 6.65. The predicted octanol–water partition coefficient (Wildman–Crippen LogP) is 1.35. The maximum absolute atomic E-state index is 13.4. The van der Waals surface area contributed by atoms with Crippen molar-refractivity contribution in [3.63, 3.8) is 0 Å². The maximum atomic E-state index is 13.4. The molecular formula is C14H23FN4O. The number of rotatable bonds is 8. The SMILES string of the molecule is CN(C)CCCCNCc1cc(F)cc(/C(N)=N/O)c1. The van der Waals surface area contributed by atoms with Crippen molar-refractivity contribution in [1.82, 2.24) is 10.2 Å². The van der Waals surface area contributed by atoms with Crippen LogP contribution in [-0.4, -0.2) is 43.1 Å². The van der Waals surface area contributed by atoms with E-state index in [4.69, 9.17) is 10.9 Å². The topological polar surface area (TPSA) is 73.9 Å². The summed E-state index contributed by atoms with van der Waals surface area (Å²) < 4.78 is 13.4. The van der Waals surface area contributed by atoms with Gasteiger partial charge >= 0.3 is 0 Å². The zero-order valence-corrected chi connectivity index (χ0v) is 12.1. The quantitative estimate of drug-likeness (QED) is 0.221. The Labute approximate surface area is 119 Å². The molecule has 112 valence electrons. The average Bonchev–Trinajstić information content (AvgIpc) is 2.40. The van der Waals surface area contributed by atoms with Gasteiger partial charge in [-0.1, -0.05) is 5.16 Å². The summed E-state index contributed by atoms with van der Waals surface area (Å²) in [6.45, 7) is 2.50. The molecule has 6 heteroatoms. The van der Waals surface area contributed by atoms with Gasteiger partial charge in [0.05, 0.1) is 0 Å². The first kappa shape index (κ1) is 16.4. The van der Waals surface area contributed by atoms with Crippen molar-refractivity contribution < 1.29 is 9.60 Å². The third-order valence-corrected chi connectivity index (χ3v) is 2.90. The Hall–Kier alpha value is -1.66. The first-order valence-electron chi connectivity index (χ1n) is 6.65. The van der Waals surface area contributed by atoms with Crippen molar-refractivity contribution in [1.29, 1.82) is 0 Å². The monoisotopic (exact) mass is 282 g/mol. The lowest BCUT2D eigenvalue weighted by Crippen LogP contribution is -2.19. The van der Waals surface area contributed by atoms with Crippen molar-refractivity contribution in [2.75, 3.05) is 27.2 Å². The van der Waals surface area contributed by atoms with E-state index in [2.05, 4.69) is 29.5 Å². The van der Waals surface area contributed by atoms with Crippen molar-refractivity contribution in [3.8, 4) is 0 Å². The Balaban J connectivity index is 2.42. The van der Waals surface area contributed by atoms with Crippen LogP contribution in [0.25, 0.3) is 0 Å². The molecule has 1 aromatic carbocycles. The van der Waals surface area contributed by atoms with Crippen molar-refractivity contribution in [3.05, 3.63) is 35.1 Å². The Kier molecular flexibility index (Phi) is 6.97. The molecule has 0 radical (unpaired) electrons. The summed E-state index contributed by atoms with van der Waals surface area (Å²) >= 11 is 0. The van der Waals surface area contributed by atoms with Gasteiger partial charge in [-0.15, -0.1) is 0 Å². The number of hydrogen-bond donors (Lipinski definition) is 3. The summed E-state index contributed by atoms with van der Waals surface area (Å²) in [7, 11) is 4.10. The minimum atomic E-state index is -0.390. The van der Waals surface area contributed by atoms with Crippen molar-refractivity contribution in [2.24, 2.45) is 10.9 Å². The summed E-state index contributed by atoms with van der Waals surface area (Å²) in [4.78, 5) is 2.15. The summed E-state index contributed by atoms with van der Waals surface area (Å²) in [5.74, 6) is -0.477. The van der Waals surface area contributed by atoms with E-state index in [0.29, 0.717) is 12.1 Å². The summed E-state index contributed by atoms with van der Waals surface area (Å²) in [6.07, 6.45) is 2.19. The van der Waals surface area contributed by atoms with Crippen molar-refractivity contribution in [2.45, 2.75) is 19.4 Å². The zero-order chi connectivity index (χ0) is 15.0. The van der Waals surface area contributed by atoms with E-state index in [9.17, 15) is 4.39 Å². The highest BCUT2D eigenvalue weighted by molar-refractivity contribution is 5.97. The lowest BCUT2D eigenvalue weighted by Gasteiger charge is -2.10. The second-order valence-electron chi connectivity index (χ2n) is 5.02. The fourth-order valence-electron chi connectivity index (χ4n) is 1.87. The second kappa shape index (κ2) is 8.50. The number of nitrogens with one attached hydrogen (secondary N) is 1. The standard InChI is InChI=1S/C14H23FN4O/c1-19(2)6-4-3-5-17-10-11-7-12(14(16)18-20)9-13(15)8-11/h7-9,17,20H,3-6,10H2,1-2H3,(H2,16,18). The molecule has 0 aliphatic carbocycles. The molecule has 0 amide bonds. The fourth-order valence-corrected chi connectivity index (χ4v) is 1.87. The van der Waals surface area contributed by atoms with Crippen LogP contribution < -0.4 is 11.1 Å². The molecule has 1 rings (SSSR count). The Morgan fingerprint density at radius 2 is 2.10 bits per heavy atom. The van der Waals surface area contributed by atoms with Crippen LogP contribution in [0.3, 0.4) is 0 Å². The van der Waals surface area contributed by atoms with Crippen LogP contribution in [0.15, 0.2) is 23.4 Å². The lowest BCUT2D eigenvalue weighted by molar-refractivity contribution is 0.318. The minimum Gasteiger partial charge on any atom is -0.409 e. The number of hydrogen-bond acceptors (Lipinski definition) is 4. The number of benzene rings is 1. The third kappa shape index (κ3) is 5.99. The van der Waals surface area contributed by atoms with E-state index >= 15 is 0 Å². The Morgan fingerprint density at radius 1 is 1.35 bits per heavy atom. The molecule has 0 fully saturated rings. The smallest absolute Gasteiger partial charge is 0.170 e. The largest absolute Gasteiger partial charge is 0.409 e. The van der Waals surface area contributed by atoms with Crippen LogP contribution in [0.5, 0.6) is 0 Å². The molecule has 0 aliphatic rings. The highest BCUT2D eigenvalue weighted by atomic mass is 19.1. The van der Waals surface area contributed by atoms with E-state index in [1.165, 1.54) is 12.1 Å². The summed E-state index contributed by atoms with van der Waals surface area (Å²) in [6, 6.07) is 4.40. The Bertz CT molecular complexity index is 449. The second-order valence-corrected chi connectivity index (χ2v) is 5.02. The van der Waals surface area contributed by atoms with Crippen LogP contribution >= 0.6 is 0 Å². The van der Waals surface area contributed by atoms with Crippen LogP contribution in [0, 0.1) is 5.82 Å². The minimum absolute atomic E-state index is 0.0864. The van der Waals surface area contributed by atoms with Gasteiger partial charge in [0.1, 0.15) is 5.82 Å². The number of oxime groups is 1. The van der Waals surface area contributed by atoms with Gasteiger partial charge in [0.25, 0.3) is 0 Å². The van der Waals surface area contributed by atoms with Gasteiger partial charge < -0.3 is 21.2 Å². The Morgan fingerprint density at radius 3 is 2.75 bits per heavy atom. The van der Waals surface area contributed by atoms with Crippen LogP contribution in [-0.2, 0) is 6.54 Å². The highest BCUT2D eigenvalue weighted by Gasteiger charge is 2.04. The van der Waals surface area contributed by atoms with Gasteiger partial charge in [-0.3, -0.25) is 0 Å². The van der Waals surface area contributed by atoms with E-state index in [-0.39, 0.29) is 5.84 Å². The third-order valence-electron chi connectivity index (χ3n) is 2.90. The number of unbranched alkanes of at least 4 members (excludes halogenated alkanes) is 1. The molecule has 0 bridgehead atoms. The number of nitrogens with two attached hydrogens (primary N) is 1. The van der Waals surface area contributed by atoms with Crippen LogP contribution in [0.2, 0.25) is 0 Å². The number of nitrogens with zero attached hydrogens (tertiary/aromatic N) is 2. The van der Waals surface area contributed by atoms with Crippen LogP contribution in [0.4, 0.5) is 4.39 Å². The molecule has 0 aliphatic heterocycles. The van der Waals surface area contributed by atoms with E-state index < -0.39 is 5.82 Å².